The molecular formula is C69H121NO13. The summed E-state index contributed by atoms with van der Waals surface area (Å²) in [5.41, 5.74) is 0. The lowest BCUT2D eigenvalue weighted by atomic mass is 9.97. The largest absolute Gasteiger partial charge is 0.394 e. The van der Waals surface area contributed by atoms with Crippen molar-refractivity contribution in [1.29, 1.82) is 0 Å². The van der Waals surface area contributed by atoms with Gasteiger partial charge in [-0.15, -0.1) is 0 Å². The first-order valence-electron chi connectivity index (χ1n) is 33.3. The van der Waals surface area contributed by atoms with E-state index in [0.29, 0.717) is 19.3 Å². The molecule has 1 amide bonds. The zero-order valence-corrected chi connectivity index (χ0v) is 51.9. The average Bonchev–Trinajstić information content (AvgIpc) is 3.64. The summed E-state index contributed by atoms with van der Waals surface area (Å²) in [6.45, 7) is 2.76. The molecule has 0 radical (unpaired) electrons. The van der Waals surface area contributed by atoms with E-state index in [2.05, 4.69) is 104 Å². The van der Waals surface area contributed by atoms with Crippen LogP contribution in [-0.2, 0) is 23.7 Å². The molecule has 2 aliphatic rings. The predicted octanol–water partition coefficient (Wildman–Crippen LogP) is 12.8. The number of ether oxygens (including phenoxy) is 4. The fourth-order valence-electron chi connectivity index (χ4n) is 10.6. The fourth-order valence-corrected chi connectivity index (χ4v) is 10.6. The van der Waals surface area contributed by atoms with Crippen LogP contribution in [0.1, 0.15) is 251 Å². The molecule has 0 bridgehead atoms. The van der Waals surface area contributed by atoms with E-state index in [1.165, 1.54) is 122 Å². The normalized spacial score (nSPS) is 24.4. The number of unbranched alkanes of at least 4 members (excludes halogenated alkanes) is 26. The molecule has 2 rings (SSSR count). The van der Waals surface area contributed by atoms with Crippen LogP contribution in [0.4, 0.5) is 0 Å². The number of rotatable bonds is 53. The van der Waals surface area contributed by atoms with E-state index in [1.807, 2.05) is 0 Å². The summed E-state index contributed by atoms with van der Waals surface area (Å²) < 4.78 is 22.9. The standard InChI is InChI=1S/C69H121NO13/c1-3-5-7-9-11-13-15-17-19-21-23-24-25-26-27-28-29-30-31-32-33-34-35-37-39-41-43-45-47-49-51-53-61(74)70-57(58(73)52-50-48-46-44-42-40-38-36-22-20-18-16-14-12-10-8-6-4-2)56-80-68-66(79)64(77)67(60(55-72)82-68)83-69-65(78)63(76)62(75)59(54-71)81-69/h5,7,11,13,17,19,23-24,26-27,29-30,32-33,57-60,62-69,71-73,75-79H,3-4,6,8-10,12,14-16,18,20-22,25,28,31,34-56H2,1-2H3,(H,70,74)/b7-5-,13-11-,19-17-,24-23-,27-26-,30-29-,33-32-. The van der Waals surface area contributed by atoms with E-state index in [9.17, 15) is 45.6 Å². The summed E-state index contributed by atoms with van der Waals surface area (Å²) in [5, 5.41) is 87.5. The molecule has 2 fully saturated rings. The van der Waals surface area contributed by atoms with E-state index in [-0.39, 0.29) is 12.5 Å². The maximum absolute atomic E-state index is 13.3. The molecule has 9 N–H and O–H groups in total. The van der Waals surface area contributed by atoms with Crippen LogP contribution in [0.25, 0.3) is 0 Å². The third-order valence-electron chi connectivity index (χ3n) is 15.9. The minimum Gasteiger partial charge on any atom is -0.394 e. The first kappa shape index (κ1) is 76.3. The topological polar surface area (TPSA) is 228 Å². The average molecular weight is 1170 g/mol. The summed E-state index contributed by atoms with van der Waals surface area (Å²) in [5.74, 6) is -0.215. The van der Waals surface area contributed by atoms with E-state index in [0.717, 1.165) is 96.3 Å². The van der Waals surface area contributed by atoms with Gasteiger partial charge in [0.2, 0.25) is 5.91 Å². The molecule has 2 saturated heterocycles. The minimum atomic E-state index is -1.79. The minimum absolute atomic E-state index is 0.215. The van der Waals surface area contributed by atoms with Crippen LogP contribution in [0.2, 0.25) is 0 Å². The molecule has 0 aliphatic carbocycles. The first-order chi connectivity index (χ1) is 40.6. The number of hydrogen-bond donors (Lipinski definition) is 9. The van der Waals surface area contributed by atoms with Gasteiger partial charge in [-0.3, -0.25) is 4.79 Å². The van der Waals surface area contributed by atoms with Crippen molar-refractivity contribution in [2.24, 2.45) is 0 Å². The van der Waals surface area contributed by atoms with Gasteiger partial charge in [0.25, 0.3) is 0 Å². The molecule has 0 spiro atoms. The van der Waals surface area contributed by atoms with Gasteiger partial charge in [0, 0.05) is 6.42 Å². The summed E-state index contributed by atoms with van der Waals surface area (Å²) in [6.07, 6.45) is 55.8. The second-order valence-electron chi connectivity index (χ2n) is 23.2. The number of nitrogens with one attached hydrogen (secondary N) is 1. The Kier molecular flexibility index (Phi) is 49.1. The molecule has 0 aromatic rings. The Hall–Kier alpha value is -2.83. The lowest BCUT2D eigenvalue weighted by Gasteiger charge is -2.46. The monoisotopic (exact) mass is 1170 g/mol. The van der Waals surface area contributed by atoms with Crippen LogP contribution in [0.3, 0.4) is 0 Å². The third-order valence-corrected chi connectivity index (χ3v) is 15.9. The van der Waals surface area contributed by atoms with E-state index in [4.69, 9.17) is 18.9 Å². The molecule has 14 heteroatoms. The van der Waals surface area contributed by atoms with Crippen molar-refractivity contribution >= 4 is 5.91 Å². The number of aliphatic hydroxyl groups excluding tert-OH is 8. The SMILES string of the molecule is CC/C=C\C/C=C\C/C=C\C/C=C\C/C=C\C/C=C\C/C=C\CCCCCCCCCCCC(=O)NC(COC1OC(CO)C(OC2OC(CO)C(O)C(O)C2O)C(O)C1O)C(O)CCCCCCCCCCCCCCCCCCCC. The number of allylic oxidation sites excluding steroid dienone is 14. The van der Waals surface area contributed by atoms with Gasteiger partial charge in [-0.2, -0.15) is 0 Å². The number of amides is 1. The van der Waals surface area contributed by atoms with Crippen molar-refractivity contribution in [2.45, 2.75) is 325 Å². The van der Waals surface area contributed by atoms with Crippen molar-refractivity contribution in [1.82, 2.24) is 5.32 Å². The van der Waals surface area contributed by atoms with Crippen molar-refractivity contribution in [3.8, 4) is 0 Å². The van der Waals surface area contributed by atoms with Gasteiger partial charge in [-0.1, -0.05) is 259 Å². The Morgan fingerprint density at radius 3 is 1.28 bits per heavy atom. The molecule has 14 nitrogen and oxygen atoms in total. The zero-order chi connectivity index (χ0) is 60.2. The summed E-state index contributed by atoms with van der Waals surface area (Å²) >= 11 is 0. The quantitative estimate of drug-likeness (QED) is 0.0204. The third kappa shape index (κ3) is 38.1. The lowest BCUT2D eigenvalue weighted by molar-refractivity contribution is -0.359. The Morgan fingerprint density at radius 1 is 0.446 bits per heavy atom. The molecule has 480 valence electrons. The van der Waals surface area contributed by atoms with Crippen molar-refractivity contribution in [3.05, 3.63) is 85.1 Å². The molecule has 12 unspecified atom stereocenters. The smallest absolute Gasteiger partial charge is 0.220 e. The summed E-state index contributed by atoms with van der Waals surface area (Å²) in [4.78, 5) is 13.3. The van der Waals surface area contributed by atoms with Gasteiger partial charge in [0.15, 0.2) is 12.6 Å². The highest BCUT2D eigenvalue weighted by molar-refractivity contribution is 5.76. The van der Waals surface area contributed by atoms with Crippen molar-refractivity contribution < 1.29 is 64.6 Å². The summed E-state index contributed by atoms with van der Waals surface area (Å²) in [7, 11) is 0. The second kappa shape index (κ2) is 53.4. The second-order valence-corrected chi connectivity index (χ2v) is 23.2. The fraction of sp³-hybridized carbons (Fsp3) is 0.783. The van der Waals surface area contributed by atoms with Crippen molar-refractivity contribution in [2.75, 3.05) is 19.8 Å². The Morgan fingerprint density at radius 2 is 0.831 bits per heavy atom. The van der Waals surface area contributed by atoms with Crippen LogP contribution in [0, 0.1) is 0 Å². The van der Waals surface area contributed by atoms with Gasteiger partial charge in [-0.25, -0.2) is 0 Å². The van der Waals surface area contributed by atoms with E-state index < -0.39 is 86.8 Å². The van der Waals surface area contributed by atoms with Gasteiger partial charge < -0.3 is 65.1 Å². The first-order valence-corrected chi connectivity index (χ1v) is 33.3. The highest BCUT2D eigenvalue weighted by atomic mass is 16.7. The van der Waals surface area contributed by atoms with E-state index in [1.54, 1.807) is 0 Å². The van der Waals surface area contributed by atoms with Gasteiger partial charge >= 0.3 is 0 Å². The molecule has 12 atom stereocenters. The van der Waals surface area contributed by atoms with Gasteiger partial charge in [0.1, 0.15) is 48.8 Å². The zero-order valence-electron chi connectivity index (χ0n) is 51.9. The molecule has 2 heterocycles. The molecule has 83 heavy (non-hydrogen) atoms. The highest BCUT2D eigenvalue weighted by Crippen LogP contribution is 2.30. The number of aliphatic hydroxyl groups is 8. The highest BCUT2D eigenvalue weighted by Gasteiger charge is 2.51. The summed E-state index contributed by atoms with van der Waals surface area (Å²) in [6, 6.07) is -0.838. The van der Waals surface area contributed by atoms with Crippen LogP contribution in [-0.4, -0.2) is 140 Å². The number of hydrogen-bond acceptors (Lipinski definition) is 13. The molecule has 2 aliphatic heterocycles. The van der Waals surface area contributed by atoms with Crippen LogP contribution >= 0.6 is 0 Å². The maximum Gasteiger partial charge on any atom is 0.220 e. The lowest BCUT2D eigenvalue weighted by Crippen LogP contribution is -2.65. The molecule has 0 aromatic carbocycles. The predicted molar refractivity (Wildman–Crippen MR) is 336 cm³/mol. The Balaban J connectivity index is 1.69. The molecule has 0 aromatic heterocycles. The molecular weight excluding hydrogens is 1050 g/mol. The Bertz CT molecular complexity index is 1710. The van der Waals surface area contributed by atoms with Crippen molar-refractivity contribution in [3.63, 3.8) is 0 Å². The maximum atomic E-state index is 13.3. The number of carbonyl (C=O) groups excluding carboxylic acids is 1. The Labute approximate surface area is 503 Å². The van der Waals surface area contributed by atoms with Gasteiger partial charge in [-0.05, 0) is 70.6 Å². The van der Waals surface area contributed by atoms with Crippen LogP contribution in [0.5, 0.6) is 0 Å². The van der Waals surface area contributed by atoms with Crippen LogP contribution < -0.4 is 5.32 Å². The molecule has 0 saturated carbocycles. The number of carbonyl (C=O) groups is 1. The van der Waals surface area contributed by atoms with E-state index >= 15 is 0 Å². The van der Waals surface area contributed by atoms with Crippen LogP contribution in [0.15, 0.2) is 85.1 Å². The van der Waals surface area contributed by atoms with Gasteiger partial charge in [0.05, 0.1) is 32.0 Å².